The lowest BCUT2D eigenvalue weighted by Crippen LogP contribution is -2.76. The van der Waals surface area contributed by atoms with Crippen LogP contribution in [0.5, 0.6) is 0 Å². The molecule has 18 saturated heterocycles. The predicted molar refractivity (Wildman–Crippen MR) is 418 cm³/mol. The fourth-order valence-corrected chi connectivity index (χ4v) is 24.7. The minimum Gasteiger partial charge on any atom is -0.321 e. The van der Waals surface area contributed by atoms with E-state index in [1.54, 1.807) is 6.92 Å². The fraction of sp³-hybridized carbons (Fsp3) is 0.776. The monoisotopic (exact) mass is 1830 g/mol. The van der Waals surface area contributed by atoms with Gasteiger partial charge in [-0.05, 0) is 78.1 Å². The van der Waals surface area contributed by atoms with E-state index in [0.717, 1.165) is 58.8 Å². The Balaban J connectivity index is 0.829. The second-order valence-corrected chi connectivity index (χ2v) is 39.8. The van der Waals surface area contributed by atoms with Gasteiger partial charge < -0.3 is 35.1 Å². The van der Waals surface area contributed by atoms with Crippen molar-refractivity contribution in [2.24, 2.45) is 0 Å². The van der Waals surface area contributed by atoms with Crippen molar-refractivity contribution in [1.82, 2.24) is 160 Å². The van der Waals surface area contributed by atoms with Crippen molar-refractivity contribution in [2.75, 3.05) is 138 Å². The summed E-state index contributed by atoms with van der Waals surface area (Å²) in [5.41, 5.74) is -8.48. The summed E-state index contributed by atoms with van der Waals surface area (Å²) in [7, 11) is -12.8. The minimum atomic E-state index is -4.78. The number of unbranched alkanes of at least 4 members (excludes halogenated alkanes) is 5. The third kappa shape index (κ3) is 12.7. The first-order valence-corrected chi connectivity index (χ1v) is 46.6. The molecular formula is C67H102N32O24S3. The van der Waals surface area contributed by atoms with Crippen LogP contribution in [0.2, 0.25) is 0 Å². The zero-order valence-electron chi connectivity index (χ0n) is 69.2. The number of nitrogens with zero attached hydrogens (tertiary/aromatic N) is 25. The molecule has 0 aromatic rings. The van der Waals surface area contributed by atoms with E-state index in [-0.39, 0.29) is 51.5 Å². The van der Waals surface area contributed by atoms with Crippen LogP contribution in [-0.4, -0.2) is 481 Å². The number of fused-ring (bicyclic) bond motifs is 12. The molecule has 18 fully saturated rings. The van der Waals surface area contributed by atoms with E-state index >= 15 is 57.5 Å². The molecule has 27 amide bonds. The Bertz CT molecular complexity index is 4960. The molecule has 15 unspecified atom stereocenters. The van der Waals surface area contributed by atoms with Crippen molar-refractivity contribution in [3.05, 3.63) is 0 Å². The number of rotatable bonds is 22. The van der Waals surface area contributed by atoms with Gasteiger partial charge in [-0.3, -0.25) is 153 Å². The molecule has 18 rings (SSSR count). The van der Waals surface area contributed by atoms with Crippen molar-refractivity contribution < 1.29 is 111 Å². The summed E-state index contributed by atoms with van der Waals surface area (Å²) in [6.07, 6.45) is -15.2. The van der Waals surface area contributed by atoms with Gasteiger partial charge >= 0.3 is 72.4 Å². The molecule has 692 valence electrons. The Kier molecular flexibility index (Phi) is 21.0. The molecule has 15 atom stereocenters. The van der Waals surface area contributed by atoms with Crippen LogP contribution in [0.25, 0.3) is 0 Å². The van der Waals surface area contributed by atoms with E-state index in [2.05, 4.69) is 37.2 Å². The average Bonchev–Trinajstić information content (AvgIpc) is 1.48. The lowest BCUT2D eigenvalue weighted by Gasteiger charge is -2.56. The van der Waals surface area contributed by atoms with Crippen molar-refractivity contribution in [3.8, 4) is 0 Å². The summed E-state index contributed by atoms with van der Waals surface area (Å²) in [6, 6.07) is -12.6. The maximum atomic E-state index is 17.1. The van der Waals surface area contributed by atoms with E-state index in [1.165, 1.54) is 77.7 Å². The van der Waals surface area contributed by atoms with Crippen molar-refractivity contribution >= 4 is 122 Å². The van der Waals surface area contributed by atoms with Gasteiger partial charge in [0.2, 0.25) is 19.2 Å². The summed E-state index contributed by atoms with van der Waals surface area (Å²) in [5.74, 6) is -2.56. The average molecular weight is 1840 g/mol. The zero-order chi connectivity index (χ0) is 89.6. The van der Waals surface area contributed by atoms with Crippen LogP contribution in [-0.2, 0) is 44.7 Å². The molecule has 0 aliphatic carbocycles. The van der Waals surface area contributed by atoms with Gasteiger partial charge in [0, 0.05) is 7.05 Å². The number of nitrogens with one attached hydrogen (secondary N) is 7. The highest BCUT2D eigenvalue weighted by atomic mass is 32.2. The molecule has 0 radical (unpaired) electrons. The Morgan fingerprint density at radius 2 is 0.746 bits per heavy atom. The van der Waals surface area contributed by atoms with Crippen LogP contribution < -0.4 is 37.2 Å². The maximum absolute atomic E-state index is 17.1. The summed E-state index contributed by atoms with van der Waals surface area (Å²) in [6.45, 7) is -6.56. The van der Waals surface area contributed by atoms with Crippen LogP contribution >= 0.6 is 0 Å². The number of carbonyl (C=O) groups excluding carboxylic acids is 15. The van der Waals surface area contributed by atoms with Gasteiger partial charge in [-0.1, -0.05) is 26.2 Å². The molecule has 18 aliphatic rings. The number of amides is 27. The quantitative estimate of drug-likeness (QED) is 0.0274. The second-order valence-electron chi connectivity index (χ2n) is 35.1. The van der Waals surface area contributed by atoms with Gasteiger partial charge in [0.05, 0.1) is 88.7 Å². The summed E-state index contributed by atoms with van der Waals surface area (Å²) in [5, 5.41) is 22.2. The van der Waals surface area contributed by atoms with Crippen molar-refractivity contribution in [1.29, 1.82) is 0 Å². The predicted octanol–water partition coefficient (Wildman–Crippen LogP) is -5.98. The first kappa shape index (κ1) is 85.9. The van der Waals surface area contributed by atoms with E-state index in [4.69, 9.17) is 0 Å². The number of hydrogen-bond donors (Lipinski definition) is 10. The topological polar surface area (TPSA) is 584 Å². The van der Waals surface area contributed by atoms with Gasteiger partial charge in [0.25, 0.3) is 30.4 Å². The summed E-state index contributed by atoms with van der Waals surface area (Å²) >= 11 is 0. The highest BCUT2D eigenvalue weighted by molar-refractivity contribution is 7.86. The van der Waals surface area contributed by atoms with E-state index < -0.39 is 336 Å². The first-order valence-electron chi connectivity index (χ1n) is 41.8. The van der Waals surface area contributed by atoms with E-state index in [1.807, 2.05) is 6.92 Å². The summed E-state index contributed by atoms with van der Waals surface area (Å²) < 4.78 is 107. The van der Waals surface area contributed by atoms with Crippen molar-refractivity contribution in [2.45, 2.75) is 194 Å². The first-order chi connectivity index (χ1) is 59.8. The normalized spacial score (nSPS) is 33.9. The molecule has 0 spiro atoms. The Morgan fingerprint density at radius 3 is 1.34 bits per heavy atom. The molecule has 10 N–H and O–H groups in total. The minimum absolute atomic E-state index is 0.0168. The molecule has 18 aliphatic heterocycles. The third-order valence-corrected chi connectivity index (χ3v) is 31.3. The van der Waals surface area contributed by atoms with Gasteiger partial charge in [-0.15, -0.1) is 0 Å². The lowest BCUT2D eigenvalue weighted by molar-refractivity contribution is -0.134. The lowest BCUT2D eigenvalue weighted by atomic mass is 9.76. The molecule has 126 heavy (non-hydrogen) atoms. The van der Waals surface area contributed by atoms with Gasteiger partial charge in [-0.25, -0.2) is 57.5 Å². The molecule has 0 saturated carbocycles. The van der Waals surface area contributed by atoms with E-state index in [0.29, 0.717) is 38.5 Å². The fourth-order valence-electron chi connectivity index (χ4n) is 23.0. The highest BCUT2D eigenvalue weighted by Gasteiger charge is 2.82. The van der Waals surface area contributed by atoms with Crippen LogP contribution in [0, 0.1) is 0 Å². The van der Waals surface area contributed by atoms with Gasteiger partial charge in [-0.2, -0.15) is 25.3 Å². The highest BCUT2D eigenvalue weighted by Crippen LogP contribution is 2.60. The number of urea groups is 12. The Labute approximate surface area is 721 Å². The molecule has 56 nitrogen and oxygen atoms in total. The zero-order valence-corrected chi connectivity index (χ0v) is 71.7. The molecule has 18 heterocycles. The second kappa shape index (κ2) is 30.7. The van der Waals surface area contributed by atoms with Gasteiger partial charge in [0.1, 0.15) is 108 Å². The standard InChI is InChI=1S/C67H102N32O24S3/c1-5-6-7-14-64(3)65(15-8-11-18-124(115,116)117)93-27-71-45-44-70-24-81-48-46-68-22-75(4)54(105)80-25-73-52(103)83-32-89-49(78(39-101)30-84-42(83)21-76(55(84)106)23-69-43(80)41(2)77(38-100)29-86(46)56(81)107)47-72-28-94-62(113)98-37-92-51-50(90(60(92)111)35-96(64)61(93)112)82(26-74-53(104)95(65)33-87(45)58(109)85(44)31-79(48)40-102)57(108)91(51)36-99-63(114)97(34-88(47)59(89)110)66(94,16-9-12-19-125(118,119)120)67(98,99)17-10-13-20-126(121,122)123/h38-51,68-72H,5-37H2,1-4H3,(H,73,103)(H,74,104)(H,115,116,117)(H,118,119,120)(H,121,122,123). The smallest absolute Gasteiger partial charge is 0.321 e. The molecule has 59 heteroatoms. The molecular weight excluding hydrogens is 1730 g/mol. The van der Waals surface area contributed by atoms with Crippen LogP contribution in [0.4, 0.5) is 57.5 Å². The number of carbonyl (C=O) groups is 15. The van der Waals surface area contributed by atoms with Gasteiger partial charge in [0.15, 0.2) is 23.7 Å². The van der Waals surface area contributed by atoms with Crippen LogP contribution in [0.1, 0.15) is 104 Å². The SMILES string of the molecule is CCCCCC1(C)N2CN3C(=O)N4CN5C(=O)N6CNC7C8N(C=O)CN9C(=O)N%10CNC%11C(C)N(C=O)CN%12C(=O)N%13CNC%14C%15NCN(C2=O)C1(CCCCS(=O)(=O)O)N1CN%15C(=O)N%14CN(C=O)C%13C%12NCN(C)C(=O)N%11CNC(=O)N(CN8C(=O)N7CN2C(=O)N(CN7C(=O)N(CNC1=O)C3C47)C5(CCCCS(=O)(=O)O)C62CCCCS(=O)(=O)O)C9C%10. The van der Waals surface area contributed by atoms with Crippen molar-refractivity contribution in [3.63, 3.8) is 0 Å². The van der Waals surface area contributed by atoms with E-state index in [9.17, 15) is 53.3 Å². The van der Waals surface area contributed by atoms with Crippen LogP contribution in [0.3, 0.4) is 0 Å². The summed E-state index contributed by atoms with van der Waals surface area (Å²) in [4.78, 5) is 268. The Morgan fingerprint density at radius 1 is 0.349 bits per heavy atom. The third-order valence-electron chi connectivity index (χ3n) is 28.8. The van der Waals surface area contributed by atoms with Crippen LogP contribution in [0.15, 0.2) is 0 Å². The molecule has 0 aromatic heterocycles. The maximum Gasteiger partial charge on any atom is 0.326 e. The molecule has 17 bridgehead atoms. The largest absolute Gasteiger partial charge is 0.326 e. The number of hydrogen-bond acceptors (Lipinski definition) is 26. The molecule has 0 aromatic carbocycles. The Hall–Kier alpha value is -10.8.